The summed E-state index contributed by atoms with van der Waals surface area (Å²) in [5.41, 5.74) is 3.41. The lowest BCUT2D eigenvalue weighted by atomic mass is 10.0. The van der Waals surface area contributed by atoms with Crippen LogP contribution in [0.2, 0.25) is 5.02 Å². The number of benzene rings is 2. The average Bonchev–Trinajstić information content (AvgIpc) is 3.12. The molecule has 3 amide bonds. The van der Waals surface area contributed by atoms with Gasteiger partial charge in [-0.1, -0.05) is 23.7 Å². The molecular formula is C22H21Cl2N3O3. The fraction of sp³-hybridized carbons (Fsp3) is 0.318. The van der Waals surface area contributed by atoms with Gasteiger partial charge in [-0.25, -0.2) is 0 Å². The Morgan fingerprint density at radius 2 is 1.83 bits per heavy atom. The van der Waals surface area contributed by atoms with E-state index in [0.717, 1.165) is 11.1 Å². The van der Waals surface area contributed by atoms with E-state index in [1.807, 2.05) is 12.1 Å². The van der Waals surface area contributed by atoms with Gasteiger partial charge in [0.25, 0.3) is 11.8 Å². The number of nitrogens with zero attached hydrogens (tertiary/aromatic N) is 1. The third-order valence-electron chi connectivity index (χ3n) is 5.54. The molecule has 0 saturated carbocycles. The van der Waals surface area contributed by atoms with Crippen LogP contribution >= 0.6 is 23.2 Å². The Hall–Kier alpha value is -2.57. The molecule has 0 atom stereocenters. The fourth-order valence-electron chi connectivity index (χ4n) is 3.83. The third-order valence-corrected chi connectivity index (χ3v) is 6.16. The van der Waals surface area contributed by atoms with Crippen LogP contribution in [0, 0.1) is 0 Å². The first kappa shape index (κ1) is 20.7. The number of piperidine rings is 1. The zero-order chi connectivity index (χ0) is 21.3. The van der Waals surface area contributed by atoms with Gasteiger partial charge in [-0.2, -0.15) is 0 Å². The molecule has 0 unspecified atom stereocenters. The Balaban J connectivity index is 1.34. The quantitative estimate of drug-likeness (QED) is 0.705. The van der Waals surface area contributed by atoms with E-state index >= 15 is 0 Å². The number of hydrogen-bond acceptors (Lipinski definition) is 3. The van der Waals surface area contributed by atoms with Crippen LogP contribution < -0.4 is 10.6 Å². The van der Waals surface area contributed by atoms with Gasteiger partial charge in [-0.3, -0.25) is 14.4 Å². The lowest BCUT2D eigenvalue weighted by Crippen LogP contribution is -2.46. The Labute approximate surface area is 184 Å². The van der Waals surface area contributed by atoms with Gasteiger partial charge >= 0.3 is 0 Å². The van der Waals surface area contributed by atoms with Gasteiger partial charge in [0.15, 0.2) is 0 Å². The van der Waals surface area contributed by atoms with Crippen LogP contribution in [-0.4, -0.2) is 41.8 Å². The molecule has 4 rings (SSSR count). The van der Waals surface area contributed by atoms with E-state index in [-0.39, 0.29) is 30.2 Å². The normalized spacial score (nSPS) is 16.2. The van der Waals surface area contributed by atoms with Gasteiger partial charge in [0.1, 0.15) is 0 Å². The van der Waals surface area contributed by atoms with E-state index in [4.69, 9.17) is 23.2 Å². The molecule has 0 aliphatic carbocycles. The number of likely N-dealkylation sites (tertiary alicyclic amines) is 1. The standard InChI is InChI=1S/C22H21Cl2N3O3/c23-12-13-1-3-14(4-2-13)22(30)27-7-5-16(6-8-27)25-21(29)17-9-15-10-20(28)26-19(15)11-18(17)24/h1-4,9,11,16H,5-8,10,12H2,(H,25,29)(H,26,28). The summed E-state index contributed by atoms with van der Waals surface area (Å²) in [5, 5.41) is 6.04. The van der Waals surface area contributed by atoms with Gasteiger partial charge in [0.05, 0.1) is 17.0 Å². The highest BCUT2D eigenvalue weighted by atomic mass is 35.5. The third kappa shape index (κ3) is 4.30. The summed E-state index contributed by atoms with van der Waals surface area (Å²) in [4.78, 5) is 38.7. The maximum Gasteiger partial charge on any atom is 0.253 e. The monoisotopic (exact) mass is 445 g/mol. The minimum atomic E-state index is -0.261. The molecule has 8 heteroatoms. The van der Waals surface area contributed by atoms with E-state index in [1.54, 1.807) is 29.2 Å². The number of fused-ring (bicyclic) bond motifs is 1. The number of nitrogens with one attached hydrogen (secondary N) is 2. The maximum atomic E-state index is 12.7. The molecular weight excluding hydrogens is 425 g/mol. The molecule has 0 spiro atoms. The molecule has 2 aliphatic rings. The van der Waals surface area contributed by atoms with Crippen LogP contribution in [0.5, 0.6) is 0 Å². The number of hydrogen-bond donors (Lipinski definition) is 2. The van der Waals surface area contributed by atoms with E-state index in [0.29, 0.717) is 53.6 Å². The lowest BCUT2D eigenvalue weighted by Gasteiger charge is -2.32. The average molecular weight is 446 g/mol. The molecule has 0 aromatic heterocycles. The largest absolute Gasteiger partial charge is 0.349 e. The lowest BCUT2D eigenvalue weighted by molar-refractivity contribution is -0.115. The minimum absolute atomic E-state index is 0.0141. The molecule has 2 aliphatic heterocycles. The van der Waals surface area contributed by atoms with E-state index in [9.17, 15) is 14.4 Å². The molecule has 0 radical (unpaired) electrons. The topological polar surface area (TPSA) is 78.5 Å². The minimum Gasteiger partial charge on any atom is -0.349 e. The van der Waals surface area contributed by atoms with Crippen molar-refractivity contribution in [1.82, 2.24) is 10.2 Å². The molecule has 2 N–H and O–H groups in total. The fourth-order valence-corrected chi connectivity index (χ4v) is 4.26. The van der Waals surface area contributed by atoms with Gasteiger partial charge in [0.2, 0.25) is 5.91 Å². The SMILES string of the molecule is O=C1Cc2cc(C(=O)NC3CCN(C(=O)c4ccc(CCl)cc4)CC3)c(Cl)cc2N1. The van der Waals surface area contributed by atoms with Gasteiger partial charge < -0.3 is 15.5 Å². The van der Waals surface area contributed by atoms with Crippen molar-refractivity contribution < 1.29 is 14.4 Å². The summed E-state index contributed by atoms with van der Waals surface area (Å²) >= 11 is 12.0. The Bertz CT molecular complexity index is 999. The van der Waals surface area contributed by atoms with Crippen molar-refractivity contribution in [1.29, 1.82) is 0 Å². The predicted octanol–water partition coefficient (Wildman–Crippen LogP) is 3.61. The summed E-state index contributed by atoms with van der Waals surface area (Å²) in [7, 11) is 0. The number of amides is 3. The zero-order valence-corrected chi connectivity index (χ0v) is 17.7. The number of alkyl halides is 1. The van der Waals surface area contributed by atoms with Crippen LogP contribution in [0.25, 0.3) is 0 Å². The van der Waals surface area contributed by atoms with Crippen LogP contribution in [-0.2, 0) is 17.1 Å². The van der Waals surface area contributed by atoms with Crippen molar-refractivity contribution in [3.8, 4) is 0 Å². The molecule has 156 valence electrons. The van der Waals surface area contributed by atoms with Crippen LogP contribution in [0.4, 0.5) is 5.69 Å². The molecule has 1 fully saturated rings. The Morgan fingerprint density at radius 3 is 2.50 bits per heavy atom. The zero-order valence-electron chi connectivity index (χ0n) is 16.2. The molecule has 1 saturated heterocycles. The number of rotatable bonds is 4. The summed E-state index contributed by atoms with van der Waals surface area (Å²) in [5.74, 6) is 0.0388. The number of halogens is 2. The first-order valence-electron chi connectivity index (χ1n) is 9.82. The number of anilines is 1. The van der Waals surface area contributed by atoms with Gasteiger partial charge in [-0.15, -0.1) is 11.6 Å². The van der Waals surface area contributed by atoms with Crippen LogP contribution in [0.1, 0.15) is 44.7 Å². The molecule has 2 heterocycles. The maximum absolute atomic E-state index is 12.7. The van der Waals surface area contributed by atoms with Crippen molar-refractivity contribution in [3.05, 3.63) is 63.7 Å². The molecule has 2 aromatic rings. The smallest absolute Gasteiger partial charge is 0.253 e. The van der Waals surface area contributed by atoms with E-state index in [2.05, 4.69) is 10.6 Å². The molecule has 2 aromatic carbocycles. The summed E-state index contributed by atoms with van der Waals surface area (Å²) in [6, 6.07) is 10.6. The summed E-state index contributed by atoms with van der Waals surface area (Å²) in [6.07, 6.45) is 1.58. The first-order chi connectivity index (χ1) is 14.4. The van der Waals surface area contributed by atoms with Crippen LogP contribution in [0.3, 0.4) is 0 Å². The van der Waals surface area contributed by atoms with Crippen molar-refractivity contribution in [2.75, 3.05) is 18.4 Å². The van der Waals surface area contributed by atoms with Crippen molar-refractivity contribution in [2.24, 2.45) is 0 Å². The predicted molar refractivity (Wildman–Crippen MR) is 116 cm³/mol. The van der Waals surface area contributed by atoms with E-state index in [1.165, 1.54) is 0 Å². The van der Waals surface area contributed by atoms with Gasteiger partial charge in [-0.05, 0) is 48.2 Å². The highest BCUT2D eigenvalue weighted by molar-refractivity contribution is 6.34. The second kappa shape index (κ2) is 8.66. The molecule has 6 nitrogen and oxygen atoms in total. The summed E-state index contributed by atoms with van der Waals surface area (Å²) in [6.45, 7) is 1.13. The first-order valence-corrected chi connectivity index (χ1v) is 10.7. The second-order valence-electron chi connectivity index (χ2n) is 7.58. The molecule has 0 bridgehead atoms. The Kier molecular flexibility index (Phi) is 5.97. The highest BCUT2D eigenvalue weighted by Crippen LogP contribution is 2.30. The van der Waals surface area contributed by atoms with Crippen molar-refractivity contribution >= 4 is 46.6 Å². The Morgan fingerprint density at radius 1 is 1.13 bits per heavy atom. The highest BCUT2D eigenvalue weighted by Gasteiger charge is 2.27. The van der Waals surface area contributed by atoms with Crippen molar-refractivity contribution in [3.63, 3.8) is 0 Å². The van der Waals surface area contributed by atoms with Crippen molar-refractivity contribution in [2.45, 2.75) is 31.2 Å². The summed E-state index contributed by atoms with van der Waals surface area (Å²) < 4.78 is 0. The number of carbonyl (C=O) groups excluding carboxylic acids is 3. The number of carbonyl (C=O) groups is 3. The van der Waals surface area contributed by atoms with E-state index < -0.39 is 0 Å². The molecule has 30 heavy (non-hydrogen) atoms. The second-order valence-corrected chi connectivity index (χ2v) is 8.26. The van der Waals surface area contributed by atoms with Crippen LogP contribution in [0.15, 0.2) is 36.4 Å². The van der Waals surface area contributed by atoms with Gasteiger partial charge in [0, 0.05) is 36.3 Å².